The Balaban J connectivity index is 1.62. The Morgan fingerprint density at radius 1 is 1.00 bits per heavy atom. The highest BCUT2D eigenvalue weighted by molar-refractivity contribution is 6.01. The van der Waals surface area contributed by atoms with Gasteiger partial charge in [-0.3, -0.25) is 10.1 Å². The molecule has 0 saturated heterocycles. The van der Waals surface area contributed by atoms with E-state index in [-0.39, 0.29) is 23.7 Å². The first kappa shape index (κ1) is 20.6. The van der Waals surface area contributed by atoms with Crippen LogP contribution < -0.4 is 21.1 Å². The molecule has 3 amide bonds. The molecule has 3 rings (SSSR count). The van der Waals surface area contributed by atoms with E-state index in [9.17, 15) is 22.8 Å². The van der Waals surface area contributed by atoms with Crippen LogP contribution in [0.1, 0.15) is 5.56 Å². The fraction of sp³-hybridized carbons (Fsp3) is 0.0500. The van der Waals surface area contributed by atoms with Crippen LogP contribution in [0.4, 0.5) is 29.5 Å². The minimum atomic E-state index is -1.08. The number of imide groups is 1. The van der Waals surface area contributed by atoms with Crippen LogP contribution in [-0.2, 0) is 11.2 Å². The van der Waals surface area contributed by atoms with Gasteiger partial charge in [-0.25, -0.2) is 22.9 Å². The Morgan fingerprint density at radius 3 is 2.30 bits per heavy atom. The standard InChI is InChI=1S/C20H15F3N4O3/c21-12-3-1-11(2-4-12)7-18(28)27-20(29)26-13-8-15(22)19(16(23)9-13)30-14-5-6-25-17(24)10-14/h1-6,8-10H,7H2,(H2,24,25)(H2,26,27,28,29). The van der Waals surface area contributed by atoms with Crippen LogP contribution in [0.15, 0.2) is 54.7 Å². The zero-order chi connectivity index (χ0) is 21.7. The van der Waals surface area contributed by atoms with Crippen molar-refractivity contribution in [3.63, 3.8) is 0 Å². The van der Waals surface area contributed by atoms with Crippen molar-refractivity contribution in [2.24, 2.45) is 0 Å². The molecule has 2 aromatic carbocycles. The molecule has 154 valence electrons. The lowest BCUT2D eigenvalue weighted by Crippen LogP contribution is -2.35. The Bertz CT molecular complexity index is 1070. The second kappa shape index (κ2) is 8.95. The molecule has 0 aliphatic rings. The van der Waals surface area contributed by atoms with Crippen LogP contribution in [0.5, 0.6) is 11.5 Å². The number of anilines is 2. The van der Waals surface area contributed by atoms with Crippen molar-refractivity contribution in [2.75, 3.05) is 11.1 Å². The number of nitrogen functional groups attached to an aromatic ring is 1. The first-order chi connectivity index (χ1) is 14.3. The van der Waals surface area contributed by atoms with Gasteiger partial charge in [-0.1, -0.05) is 12.1 Å². The molecule has 0 aliphatic carbocycles. The van der Waals surface area contributed by atoms with Gasteiger partial charge in [-0.15, -0.1) is 0 Å². The number of urea groups is 1. The Morgan fingerprint density at radius 2 is 1.67 bits per heavy atom. The SMILES string of the molecule is Nc1cc(Oc2c(F)cc(NC(=O)NC(=O)Cc3ccc(F)cc3)cc2F)ccn1. The van der Waals surface area contributed by atoms with E-state index < -0.39 is 35.1 Å². The van der Waals surface area contributed by atoms with Crippen LogP contribution in [-0.4, -0.2) is 16.9 Å². The Kier molecular flexibility index (Phi) is 6.16. The summed E-state index contributed by atoms with van der Waals surface area (Å²) in [6, 6.07) is 8.46. The van der Waals surface area contributed by atoms with Gasteiger partial charge in [-0.05, 0) is 23.8 Å². The van der Waals surface area contributed by atoms with Crippen molar-refractivity contribution in [3.8, 4) is 11.5 Å². The summed E-state index contributed by atoms with van der Waals surface area (Å²) in [5.41, 5.74) is 5.73. The summed E-state index contributed by atoms with van der Waals surface area (Å²) in [7, 11) is 0. The predicted molar refractivity (Wildman–Crippen MR) is 102 cm³/mol. The third-order valence-electron chi connectivity index (χ3n) is 3.76. The van der Waals surface area contributed by atoms with Gasteiger partial charge in [0.05, 0.1) is 6.42 Å². The van der Waals surface area contributed by atoms with E-state index in [2.05, 4.69) is 10.3 Å². The summed E-state index contributed by atoms with van der Waals surface area (Å²) in [6.45, 7) is 0. The molecule has 3 aromatic rings. The Hall–Kier alpha value is -4.08. The fourth-order valence-corrected chi connectivity index (χ4v) is 2.46. The van der Waals surface area contributed by atoms with Gasteiger partial charge in [-0.2, -0.15) is 0 Å². The fourth-order valence-electron chi connectivity index (χ4n) is 2.46. The number of nitrogens with one attached hydrogen (secondary N) is 2. The van der Waals surface area contributed by atoms with Gasteiger partial charge in [0.2, 0.25) is 5.91 Å². The quantitative estimate of drug-likeness (QED) is 0.587. The number of hydrogen-bond acceptors (Lipinski definition) is 5. The zero-order valence-corrected chi connectivity index (χ0v) is 15.3. The van der Waals surface area contributed by atoms with E-state index in [1.54, 1.807) is 0 Å². The largest absolute Gasteiger partial charge is 0.451 e. The molecule has 0 aliphatic heterocycles. The molecule has 0 radical (unpaired) electrons. The van der Waals surface area contributed by atoms with Crippen molar-refractivity contribution < 1.29 is 27.5 Å². The maximum Gasteiger partial charge on any atom is 0.325 e. The van der Waals surface area contributed by atoms with E-state index >= 15 is 0 Å². The number of rotatable bonds is 5. The normalized spacial score (nSPS) is 10.4. The summed E-state index contributed by atoms with van der Waals surface area (Å²) in [6.07, 6.45) is 1.13. The number of nitrogens with zero attached hydrogens (tertiary/aromatic N) is 1. The first-order valence-electron chi connectivity index (χ1n) is 8.54. The number of amides is 3. The van der Waals surface area contributed by atoms with E-state index in [0.717, 1.165) is 12.1 Å². The monoisotopic (exact) mass is 416 g/mol. The van der Waals surface area contributed by atoms with Crippen LogP contribution in [0.3, 0.4) is 0 Å². The average Bonchev–Trinajstić information content (AvgIpc) is 2.66. The lowest BCUT2D eigenvalue weighted by atomic mass is 10.1. The lowest BCUT2D eigenvalue weighted by molar-refractivity contribution is -0.119. The molecule has 7 nitrogen and oxygen atoms in total. The molecule has 0 spiro atoms. The number of carbonyl (C=O) groups is 2. The molecule has 4 N–H and O–H groups in total. The van der Waals surface area contributed by atoms with Crippen LogP contribution in [0.25, 0.3) is 0 Å². The highest BCUT2D eigenvalue weighted by Gasteiger charge is 2.16. The maximum absolute atomic E-state index is 14.2. The summed E-state index contributed by atoms with van der Waals surface area (Å²) < 4.78 is 46.5. The molecule has 0 saturated carbocycles. The van der Waals surface area contributed by atoms with Crippen LogP contribution in [0, 0.1) is 17.5 Å². The predicted octanol–water partition coefficient (Wildman–Crippen LogP) is 3.76. The van der Waals surface area contributed by atoms with E-state index in [0.29, 0.717) is 5.56 Å². The minimum Gasteiger partial charge on any atom is -0.451 e. The summed E-state index contributed by atoms with van der Waals surface area (Å²) >= 11 is 0. The molecule has 1 heterocycles. The van der Waals surface area contributed by atoms with Crippen molar-refractivity contribution >= 4 is 23.4 Å². The van der Waals surface area contributed by atoms with Crippen molar-refractivity contribution in [1.82, 2.24) is 10.3 Å². The number of carbonyl (C=O) groups excluding carboxylic acids is 2. The van der Waals surface area contributed by atoms with Gasteiger partial charge >= 0.3 is 6.03 Å². The number of ether oxygens (including phenoxy) is 1. The number of hydrogen-bond donors (Lipinski definition) is 3. The van der Waals surface area contributed by atoms with Crippen molar-refractivity contribution in [2.45, 2.75) is 6.42 Å². The second-order valence-electron chi connectivity index (χ2n) is 6.09. The molecule has 0 unspecified atom stereocenters. The third kappa shape index (κ3) is 5.47. The van der Waals surface area contributed by atoms with E-state index in [4.69, 9.17) is 10.5 Å². The van der Waals surface area contributed by atoms with Gasteiger partial charge in [0.1, 0.15) is 17.4 Å². The van der Waals surface area contributed by atoms with Gasteiger partial charge < -0.3 is 15.8 Å². The topological polar surface area (TPSA) is 106 Å². The van der Waals surface area contributed by atoms with Crippen molar-refractivity contribution in [1.29, 1.82) is 0 Å². The van der Waals surface area contributed by atoms with E-state index in [1.165, 1.54) is 42.6 Å². The summed E-state index contributed by atoms with van der Waals surface area (Å²) in [5, 5.41) is 4.16. The highest BCUT2D eigenvalue weighted by atomic mass is 19.1. The third-order valence-corrected chi connectivity index (χ3v) is 3.76. The number of nitrogens with two attached hydrogens (primary N) is 1. The number of pyridine rings is 1. The highest BCUT2D eigenvalue weighted by Crippen LogP contribution is 2.30. The molecular formula is C20H15F3N4O3. The smallest absolute Gasteiger partial charge is 0.325 e. The summed E-state index contributed by atoms with van der Waals surface area (Å²) in [5.74, 6) is -3.83. The molecule has 0 bridgehead atoms. The number of benzene rings is 2. The molecule has 30 heavy (non-hydrogen) atoms. The molecule has 1 aromatic heterocycles. The minimum absolute atomic E-state index is 0.0742. The molecular weight excluding hydrogens is 401 g/mol. The van der Waals surface area contributed by atoms with E-state index in [1.807, 2.05) is 5.32 Å². The molecule has 0 atom stereocenters. The second-order valence-corrected chi connectivity index (χ2v) is 6.09. The number of halogens is 3. The zero-order valence-electron chi connectivity index (χ0n) is 15.3. The van der Waals surface area contributed by atoms with Gasteiger partial charge in [0, 0.05) is 30.1 Å². The number of aromatic nitrogens is 1. The first-order valence-corrected chi connectivity index (χ1v) is 8.54. The van der Waals surface area contributed by atoms with Gasteiger partial charge in [0.25, 0.3) is 0 Å². The summed E-state index contributed by atoms with van der Waals surface area (Å²) in [4.78, 5) is 27.5. The maximum atomic E-state index is 14.2. The molecule has 0 fully saturated rings. The van der Waals surface area contributed by atoms with Gasteiger partial charge in [0.15, 0.2) is 17.4 Å². The lowest BCUT2D eigenvalue weighted by Gasteiger charge is -2.11. The van der Waals surface area contributed by atoms with Crippen molar-refractivity contribution in [3.05, 3.63) is 77.7 Å². The van der Waals surface area contributed by atoms with Crippen LogP contribution in [0.2, 0.25) is 0 Å². The van der Waals surface area contributed by atoms with Crippen LogP contribution >= 0.6 is 0 Å². The molecule has 10 heteroatoms. The average molecular weight is 416 g/mol. The Labute approximate surface area is 168 Å².